The van der Waals surface area contributed by atoms with E-state index in [4.69, 9.17) is 37.0 Å². The van der Waals surface area contributed by atoms with Gasteiger partial charge in [-0.2, -0.15) is 0 Å². The number of phosphoric ester groups is 2. The van der Waals surface area contributed by atoms with Crippen LogP contribution in [-0.4, -0.2) is 96.7 Å². The van der Waals surface area contributed by atoms with E-state index in [1.165, 1.54) is 128 Å². The van der Waals surface area contributed by atoms with Gasteiger partial charge in [0.15, 0.2) is 12.2 Å². The van der Waals surface area contributed by atoms with Crippen molar-refractivity contribution in [3.05, 3.63) is 0 Å². The van der Waals surface area contributed by atoms with Gasteiger partial charge in [-0.05, 0) is 49.4 Å². The minimum absolute atomic E-state index is 0.101. The summed E-state index contributed by atoms with van der Waals surface area (Å²) in [6, 6.07) is 0. The molecule has 4 unspecified atom stereocenters. The number of esters is 4. The third-order valence-electron chi connectivity index (χ3n) is 15.7. The molecule has 6 atom stereocenters. The van der Waals surface area contributed by atoms with E-state index in [0.717, 1.165) is 108 Å². The fourth-order valence-corrected chi connectivity index (χ4v) is 11.5. The van der Waals surface area contributed by atoms with E-state index in [2.05, 4.69) is 55.4 Å². The molecule has 0 aromatic rings. The van der Waals surface area contributed by atoms with E-state index in [0.29, 0.717) is 31.6 Å². The van der Waals surface area contributed by atoms with Gasteiger partial charge in [-0.25, -0.2) is 9.13 Å². The van der Waals surface area contributed by atoms with Gasteiger partial charge in [-0.3, -0.25) is 37.3 Å². The predicted octanol–water partition coefficient (Wildman–Crippen LogP) is 18.5. The molecule has 0 spiro atoms. The minimum atomic E-state index is -4.95. The summed E-state index contributed by atoms with van der Waals surface area (Å²) < 4.78 is 68.1. The molecule has 3 N–H and O–H groups in total. The van der Waals surface area contributed by atoms with Crippen molar-refractivity contribution in [3.8, 4) is 0 Å². The molecule has 17 nitrogen and oxygen atoms in total. The predicted molar refractivity (Wildman–Crippen MR) is 344 cm³/mol. The Morgan fingerprint density at radius 3 is 0.826 bits per heavy atom. The van der Waals surface area contributed by atoms with Crippen LogP contribution < -0.4 is 0 Å². The van der Waals surface area contributed by atoms with Crippen molar-refractivity contribution in [2.75, 3.05) is 39.6 Å². The monoisotopic (exact) mass is 1270 g/mol. The van der Waals surface area contributed by atoms with E-state index >= 15 is 0 Å². The van der Waals surface area contributed by atoms with Gasteiger partial charge in [0.1, 0.15) is 19.3 Å². The lowest BCUT2D eigenvalue weighted by molar-refractivity contribution is -0.161. The van der Waals surface area contributed by atoms with E-state index in [-0.39, 0.29) is 25.7 Å². The van der Waals surface area contributed by atoms with Gasteiger partial charge in [0.05, 0.1) is 26.4 Å². The zero-order chi connectivity index (χ0) is 63.9. The van der Waals surface area contributed by atoms with Gasteiger partial charge in [0.25, 0.3) is 0 Å². The number of hydrogen-bond acceptors (Lipinski definition) is 15. The molecule has 0 aliphatic heterocycles. The van der Waals surface area contributed by atoms with Crippen LogP contribution in [0.2, 0.25) is 0 Å². The summed E-state index contributed by atoms with van der Waals surface area (Å²) in [5, 5.41) is 10.6. The van der Waals surface area contributed by atoms with Gasteiger partial charge in [-0.15, -0.1) is 0 Å². The SMILES string of the molecule is CCC(C)CCCCCCCCCCCCC(=O)O[C@H](COC(=O)CCCCCCCCCCCC(C)C)COP(=O)(O)OCC(O)COP(=O)(O)OC[C@@H](COC(=O)CCCCCCCCCCC(C)C)OC(=O)CCCCCCCCC(C)C. The molecule has 0 aromatic carbocycles. The second kappa shape index (κ2) is 57.0. The summed E-state index contributed by atoms with van der Waals surface area (Å²) in [4.78, 5) is 72.3. The maximum Gasteiger partial charge on any atom is 0.472 e. The van der Waals surface area contributed by atoms with Crippen LogP contribution in [0.3, 0.4) is 0 Å². The van der Waals surface area contributed by atoms with Crippen molar-refractivity contribution in [2.45, 2.75) is 343 Å². The third-order valence-corrected chi connectivity index (χ3v) is 17.6. The molecule has 510 valence electrons. The topological polar surface area (TPSA) is 237 Å². The van der Waals surface area contributed by atoms with Gasteiger partial charge in [0, 0.05) is 25.7 Å². The Balaban J connectivity index is 5.25. The molecular formula is C67H130O17P2. The summed E-state index contributed by atoms with van der Waals surface area (Å²) >= 11 is 0. The molecule has 0 heterocycles. The van der Waals surface area contributed by atoms with E-state index in [9.17, 15) is 43.2 Å². The second-order valence-electron chi connectivity index (χ2n) is 25.9. The largest absolute Gasteiger partial charge is 0.472 e. The quantitative estimate of drug-likeness (QED) is 0.0222. The summed E-state index contributed by atoms with van der Waals surface area (Å²) in [5.74, 6) is 0.804. The summed E-state index contributed by atoms with van der Waals surface area (Å²) in [6.07, 6.45) is 37.7. The molecule has 0 fully saturated rings. The molecular weight excluding hydrogens is 1140 g/mol. The number of rotatable bonds is 64. The normalized spacial score (nSPS) is 14.7. The molecule has 0 bridgehead atoms. The average molecular weight is 1270 g/mol. The summed E-state index contributed by atoms with van der Waals surface area (Å²) in [5.41, 5.74) is 0. The molecule has 0 aliphatic carbocycles. The third kappa shape index (κ3) is 59.7. The molecule has 0 radical (unpaired) electrons. The molecule has 0 saturated carbocycles. The number of ether oxygens (including phenoxy) is 4. The first-order valence-electron chi connectivity index (χ1n) is 34.7. The van der Waals surface area contributed by atoms with Crippen molar-refractivity contribution < 1.29 is 80.2 Å². The van der Waals surface area contributed by atoms with Gasteiger partial charge in [0.2, 0.25) is 0 Å². The molecule has 0 aromatic heterocycles. The lowest BCUT2D eigenvalue weighted by Crippen LogP contribution is -2.30. The van der Waals surface area contributed by atoms with Crippen molar-refractivity contribution in [3.63, 3.8) is 0 Å². The Kier molecular flexibility index (Phi) is 55.7. The zero-order valence-electron chi connectivity index (χ0n) is 55.9. The Hall–Kier alpha value is -1.94. The standard InChI is InChI=1S/C67H130O17P2/c1-9-60(8)46-38-30-21-14-10-11-15-24-33-41-49-66(71)83-62(53-77-64(69)47-39-31-22-16-12-13-19-27-35-43-57(2)3)55-81-85(73,74)79-51-61(68)52-80-86(75,76)82-56-63(84-67(72)50-42-34-26-25-29-37-45-59(6)7)54-78-65(70)48-40-32-23-18-17-20-28-36-44-58(4)5/h57-63,68H,9-56H2,1-8H3,(H,73,74)(H,75,76)/t60?,61?,62-,63-/m1/s1. The van der Waals surface area contributed by atoms with Gasteiger partial charge in [-0.1, -0.05) is 274 Å². The number of phosphoric acid groups is 2. The fourth-order valence-electron chi connectivity index (χ4n) is 9.93. The lowest BCUT2D eigenvalue weighted by atomic mass is 9.99. The number of carbonyl (C=O) groups excluding carboxylic acids is 4. The first-order chi connectivity index (χ1) is 41.1. The Labute approximate surface area is 524 Å². The first kappa shape index (κ1) is 84.1. The second-order valence-corrected chi connectivity index (χ2v) is 28.8. The van der Waals surface area contributed by atoms with Crippen LogP contribution >= 0.6 is 15.6 Å². The summed E-state index contributed by atoms with van der Waals surface area (Å²) in [6.45, 7) is 14.0. The number of unbranched alkanes of at least 4 members (excludes halogenated alkanes) is 29. The van der Waals surface area contributed by atoms with Crippen molar-refractivity contribution in [1.82, 2.24) is 0 Å². The zero-order valence-corrected chi connectivity index (χ0v) is 57.7. The fraction of sp³-hybridized carbons (Fsp3) is 0.940. The Morgan fingerprint density at radius 1 is 0.326 bits per heavy atom. The number of carbonyl (C=O) groups is 4. The first-order valence-corrected chi connectivity index (χ1v) is 37.7. The van der Waals surface area contributed by atoms with Crippen LogP contribution in [0.25, 0.3) is 0 Å². The number of aliphatic hydroxyl groups excluding tert-OH is 1. The number of hydrogen-bond donors (Lipinski definition) is 3. The van der Waals surface area contributed by atoms with Crippen LogP contribution in [-0.2, 0) is 65.4 Å². The van der Waals surface area contributed by atoms with Gasteiger partial charge < -0.3 is 33.8 Å². The smallest absolute Gasteiger partial charge is 0.462 e. The van der Waals surface area contributed by atoms with Crippen molar-refractivity contribution >= 4 is 39.5 Å². The van der Waals surface area contributed by atoms with Crippen LogP contribution in [0.4, 0.5) is 0 Å². The maximum atomic E-state index is 13.0. The summed E-state index contributed by atoms with van der Waals surface area (Å²) in [7, 11) is -9.90. The lowest BCUT2D eigenvalue weighted by Gasteiger charge is -2.21. The molecule has 0 amide bonds. The van der Waals surface area contributed by atoms with E-state index in [1.807, 2.05) is 0 Å². The molecule has 0 aliphatic rings. The molecule has 0 rings (SSSR count). The highest BCUT2D eigenvalue weighted by Gasteiger charge is 2.30. The highest BCUT2D eigenvalue weighted by atomic mass is 31.2. The van der Waals surface area contributed by atoms with E-state index < -0.39 is 97.5 Å². The average Bonchev–Trinajstić information content (AvgIpc) is 3.62. The highest BCUT2D eigenvalue weighted by Crippen LogP contribution is 2.45. The highest BCUT2D eigenvalue weighted by molar-refractivity contribution is 7.47. The van der Waals surface area contributed by atoms with Crippen LogP contribution in [0, 0.1) is 23.7 Å². The number of aliphatic hydroxyl groups is 1. The molecule has 86 heavy (non-hydrogen) atoms. The van der Waals surface area contributed by atoms with Crippen LogP contribution in [0.1, 0.15) is 325 Å². The van der Waals surface area contributed by atoms with Crippen molar-refractivity contribution in [1.29, 1.82) is 0 Å². The Bertz CT molecular complexity index is 1720. The molecule has 0 saturated heterocycles. The molecule has 19 heteroatoms. The minimum Gasteiger partial charge on any atom is -0.462 e. The van der Waals surface area contributed by atoms with E-state index in [1.54, 1.807) is 0 Å². The van der Waals surface area contributed by atoms with Gasteiger partial charge >= 0.3 is 39.5 Å². The van der Waals surface area contributed by atoms with Crippen molar-refractivity contribution in [2.24, 2.45) is 23.7 Å². The van der Waals surface area contributed by atoms with Crippen LogP contribution in [0.5, 0.6) is 0 Å². The maximum absolute atomic E-state index is 13.0. The Morgan fingerprint density at radius 2 is 0.558 bits per heavy atom. The van der Waals surface area contributed by atoms with Crippen LogP contribution in [0.15, 0.2) is 0 Å².